The van der Waals surface area contributed by atoms with Crippen LogP contribution in [0.3, 0.4) is 0 Å². The minimum atomic E-state index is -0.990. The molecule has 0 spiro atoms. The molecule has 0 amide bonds. The summed E-state index contributed by atoms with van der Waals surface area (Å²) in [6, 6.07) is 1.48. The summed E-state index contributed by atoms with van der Waals surface area (Å²) >= 11 is 0. The Morgan fingerprint density at radius 1 is 1.53 bits per heavy atom. The highest BCUT2D eigenvalue weighted by Crippen LogP contribution is 2.14. The Bertz CT molecular complexity index is 365. The smallest absolute Gasteiger partial charge is 0.338 e. The summed E-state index contributed by atoms with van der Waals surface area (Å²) in [5.74, 6) is -0.464. The number of aromatic carboxylic acids is 1. The molecule has 1 unspecified atom stereocenters. The van der Waals surface area contributed by atoms with E-state index in [2.05, 4.69) is 0 Å². The van der Waals surface area contributed by atoms with Crippen LogP contribution in [0.25, 0.3) is 0 Å². The molecule has 0 bridgehead atoms. The number of hydrogen-bond acceptors (Lipinski definition) is 4. The Morgan fingerprint density at radius 2 is 2.41 bits per heavy atom. The van der Waals surface area contributed by atoms with Gasteiger partial charge in [-0.05, 0) is 25.3 Å². The Balaban J connectivity index is 1.71. The second kappa shape index (κ2) is 5.84. The van der Waals surface area contributed by atoms with Gasteiger partial charge in [0.05, 0.1) is 18.3 Å². The number of carboxylic acid groups (broad SMARTS) is 1. The minimum absolute atomic E-state index is 0.150. The fourth-order valence-corrected chi connectivity index (χ4v) is 1.80. The van der Waals surface area contributed by atoms with Crippen molar-refractivity contribution in [2.24, 2.45) is 0 Å². The van der Waals surface area contributed by atoms with Crippen molar-refractivity contribution in [1.82, 2.24) is 0 Å². The summed E-state index contributed by atoms with van der Waals surface area (Å²) in [5, 5.41) is 8.71. The molecule has 5 nitrogen and oxygen atoms in total. The van der Waals surface area contributed by atoms with Crippen molar-refractivity contribution in [3.05, 3.63) is 23.7 Å². The lowest BCUT2D eigenvalue weighted by Crippen LogP contribution is -2.24. The van der Waals surface area contributed by atoms with Crippen molar-refractivity contribution < 1.29 is 23.8 Å². The van der Waals surface area contributed by atoms with Crippen LogP contribution < -0.4 is 0 Å². The van der Waals surface area contributed by atoms with E-state index in [4.69, 9.17) is 19.0 Å². The number of rotatable bonds is 5. The third kappa shape index (κ3) is 3.57. The average Bonchev–Trinajstić information content (AvgIpc) is 2.79. The maximum atomic E-state index is 10.6. The van der Waals surface area contributed by atoms with Crippen LogP contribution in [0, 0.1) is 0 Å². The van der Waals surface area contributed by atoms with Gasteiger partial charge in [-0.15, -0.1) is 0 Å². The molecule has 1 fully saturated rings. The molecule has 1 aliphatic heterocycles. The summed E-state index contributed by atoms with van der Waals surface area (Å²) < 4.78 is 16.0. The largest absolute Gasteiger partial charge is 0.478 e. The second-order valence-electron chi connectivity index (χ2n) is 4.11. The van der Waals surface area contributed by atoms with E-state index >= 15 is 0 Å². The first-order chi connectivity index (χ1) is 8.25. The molecule has 94 valence electrons. The number of furan rings is 1. The van der Waals surface area contributed by atoms with E-state index in [1.54, 1.807) is 0 Å². The normalized spacial score (nSPS) is 20.4. The monoisotopic (exact) mass is 240 g/mol. The van der Waals surface area contributed by atoms with E-state index in [-0.39, 0.29) is 18.3 Å². The van der Waals surface area contributed by atoms with Crippen molar-refractivity contribution in [1.29, 1.82) is 0 Å². The van der Waals surface area contributed by atoms with Gasteiger partial charge < -0.3 is 19.0 Å². The molecule has 0 saturated carbocycles. The van der Waals surface area contributed by atoms with Crippen LogP contribution in [-0.2, 0) is 16.1 Å². The van der Waals surface area contributed by atoms with Gasteiger partial charge in [-0.2, -0.15) is 0 Å². The Hall–Kier alpha value is -1.33. The Kier molecular flexibility index (Phi) is 4.17. The summed E-state index contributed by atoms with van der Waals surface area (Å²) in [4.78, 5) is 10.6. The standard InChI is InChI=1S/C12H16O5/c13-12(14)9-5-11(17-6-9)8-15-7-10-3-1-2-4-16-10/h5-6,10H,1-4,7-8H2,(H,13,14). The molecule has 1 aromatic rings. The lowest BCUT2D eigenvalue weighted by Gasteiger charge is -2.21. The van der Waals surface area contributed by atoms with Crippen LogP contribution >= 0.6 is 0 Å². The zero-order valence-corrected chi connectivity index (χ0v) is 9.55. The van der Waals surface area contributed by atoms with E-state index in [0.29, 0.717) is 12.4 Å². The van der Waals surface area contributed by atoms with Crippen LogP contribution in [0.1, 0.15) is 35.4 Å². The van der Waals surface area contributed by atoms with E-state index in [0.717, 1.165) is 19.4 Å². The molecule has 1 saturated heterocycles. The van der Waals surface area contributed by atoms with Crippen LogP contribution in [0.5, 0.6) is 0 Å². The van der Waals surface area contributed by atoms with E-state index in [9.17, 15) is 4.79 Å². The third-order valence-corrected chi connectivity index (χ3v) is 2.72. The van der Waals surface area contributed by atoms with E-state index in [1.807, 2.05) is 0 Å². The van der Waals surface area contributed by atoms with Gasteiger partial charge in [0, 0.05) is 6.61 Å². The summed E-state index contributed by atoms with van der Waals surface area (Å²) in [7, 11) is 0. The van der Waals surface area contributed by atoms with E-state index in [1.165, 1.54) is 18.8 Å². The second-order valence-corrected chi connectivity index (χ2v) is 4.11. The molecule has 1 atom stereocenters. The van der Waals surface area contributed by atoms with Gasteiger partial charge in [0.15, 0.2) is 0 Å². The molecule has 0 radical (unpaired) electrons. The van der Waals surface area contributed by atoms with Crippen LogP contribution in [0.15, 0.2) is 16.7 Å². The minimum Gasteiger partial charge on any atom is -0.478 e. The summed E-state index contributed by atoms with van der Waals surface area (Å²) in [6.45, 7) is 1.62. The van der Waals surface area contributed by atoms with Crippen molar-refractivity contribution in [3.63, 3.8) is 0 Å². The lowest BCUT2D eigenvalue weighted by atomic mass is 10.1. The molecule has 1 aromatic heterocycles. The third-order valence-electron chi connectivity index (χ3n) is 2.72. The highest BCUT2D eigenvalue weighted by Gasteiger charge is 2.14. The van der Waals surface area contributed by atoms with Crippen LogP contribution in [-0.4, -0.2) is 30.4 Å². The molecule has 0 aliphatic carbocycles. The van der Waals surface area contributed by atoms with Crippen molar-refractivity contribution in [2.45, 2.75) is 32.0 Å². The molecule has 1 aliphatic rings. The highest BCUT2D eigenvalue weighted by molar-refractivity contribution is 5.87. The molecule has 2 rings (SSSR count). The quantitative estimate of drug-likeness (QED) is 0.853. The maximum Gasteiger partial charge on any atom is 0.338 e. The van der Waals surface area contributed by atoms with Crippen molar-refractivity contribution >= 4 is 5.97 Å². The maximum absolute atomic E-state index is 10.6. The van der Waals surface area contributed by atoms with Crippen LogP contribution in [0.2, 0.25) is 0 Å². The first-order valence-electron chi connectivity index (χ1n) is 5.76. The van der Waals surface area contributed by atoms with E-state index < -0.39 is 5.97 Å². The summed E-state index contributed by atoms with van der Waals surface area (Å²) in [5.41, 5.74) is 0.150. The average molecular weight is 240 g/mol. The lowest BCUT2D eigenvalue weighted by molar-refractivity contribution is -0.0472. The zero-order chi connectivity index (χ0) is 12.1. The van der Waals surface area contributed by atoms with Gasteiger partial charge in [0.25, 0.3) is 0 Å². The predicted octanol–water partition coefficient (Wildman–Crippen LogP) is 2.06. The SMILES string of the molecule is O=C(O)c1coc(COCC2CCCCO2)c1. The fourth-order valence-electron chi connectivity index (χ4n) is 1.80. The number of carbonyl (C=O) groups is 1. The molecule has 17 heavy (non-hydrogen) atoms. The van der Waals surface area contributed by atoms with Crippen LogP contribution in [0.4, 0.5) is 0 Å². The van der Waals surface area contributed by atoms with Crippen molar-refractivity contribution in [2.75, 3.05) is 13.2 Å². The molecular formula is C12H16O5. The fraction of sp³-hybridized carbons (Fsp3) is 0.583. The number of carboxylic acids is 1. The Labute approximate surface area is 99.3 Å². The molecule has 5 heteroatoms. The highest BCUT2D eigenvalue weighted by atomic mass is 16.5. The molecule has 0 aromatic carbocycles. The topological polar surface area (TPSA) is 68.9 Å². The van der Waals surface area contributed by atoms with Gasteiger partial charge in [-0.25, -0.2) is 4.79 Å². The Morgan fingerprint density at radius 3 is 3.06 bits per heavy atom. The zero-order valence-electron chi connectivity index (χ0n) is 9.55. The van der Waals surface area contributed by atoms with Gasteiger partial charge in [0.1, 0.15) is 18.6 Å². The van der Waals surface area contributed by atoms with Gasteiger partial charge >= 0.3 is 5.97 Å². The first kappa shape index (κ1) is 12.1. The van der Waals surface area contributed by atoms with Gasteiger partial charge in [-0.1, -0.05) is 0 Å². The summed E-state index contributed by atoms with van der Waals surface area (Å²) in [6.07, 6.45) is 4.71. The first-order valence-corrected chi connectivity index (χ1v) is 5.76. The molecule has 2 heterocycles. The molecule has 1 N–H and O–H groups in total. The predicted molar refractivity (Wildman–Crippen MR) is 58.9 cm³/mol. The van der Waals surface area contributed by atoms with Crippen molar-refractivity contribution in [3.8, 4) is 0 Å². The number of ether oxygens (including phenoxy) is 2. The number of hydrogen-bond donors (Lipinski definition) is 1. The van der Waals surface area contributed by atoms with Gasteiger partial charge in [0.2, 0.25) is 0 Å². The molecular weight excluding hydrogens is 224 g/mol. The van der Waals surface area contributed by atoms with Gasteiger partial charge in [-0.3, -0.25) is 0 Å².